The quantitative estimate of drug-likeness (QED) is 0.478. The Kier molecular flexibility index (Phi) is 4.75. The van der Waals surface area contributed by atoms with Crippen LogP contribution in [0.4, 0.5) is 0 Å². The van der Waals surface area contributed by atoms with Gasteiger partial charge in [-0.15, -0.1) is 70.8 Å². The van der Waals surface area contributed by atoms with Crippen molar-refractivity contribution in [3.8, 4) is 22.5 Å². The van der Waals surface area contributed by atoms with Gasteiger partial charge in [0, 0.05) is 0 Å². The van der Waals surface area contributed by atoms with Crippen LogP contribution in [0.5, 0.6) is 0 Å². The molecular formula is C25H27N-2. The van der Waals surface area contributed by atoms with Gasteiger partial charge in [-0.1, -0.05) is 59.7 Å². The second kappa shape index (κ2) is 6.72. The first-order chi connectivity index (χ1) is 12.1. The first-order valence-corrected chi connectivity index (χ1v) is 9.17. The molecule has 0 fully saturated rings. The van der Waals surface area contributed by atoms with Gasteiger partial charge in [0.2, 0.25) is 0 Å². The number of hydrogen-bond donors (Lipinski definition) is 0. The molecule has 0 aliphatic carbocycles. The lowest BCUT2D eigenvalue weighted by molar-refractivity contribution is 0.590. The molecule has 0 aliphatic heterocycles. The van der Waals surface area contributed by atoms with E-state index in [2.05, 4.69) is 96.1 Å². The van der Waals surface area contributed by atoms with E-state index in [1.807, 2.05) is 12.1 Å². The minimum Gasteiger partial charge on any atom is -0.345 e. The van der Waals surface area contributed by atoms with Gasteiger partial charge in [-0.3, -0.25) is 0 Å². The molecule has 3 aromatic rings. The van der Waals surface area contributed by atoms with E-state index in [-0.39, 0.29) is 10.8 Å². The third-order valence-electron chi connectivity index (χ3n) is 4.66. The largest absolute Gasteiger partial charge is 0.345 e. The second-order valence-corrected chi connectivity index (χ2v) is 8.89. The number of hydrogen-bond acceptors (Lipinski definition) is 1. The molecule has 26 heavy (non-hydrogen) atoms. The number of nitrogens with zero attached hydrogens (tertiary/aromatic N) is 1. The predicted octanol–water partition coefficient (Wildman–Crippen LogP) is 6.61. The lowest BCUT2D eigenvalue weighted by atomic mass is 9.86. The first-order valence-electron chi connectivity index (χ1n) is 9.17. The monoisotopic (exact) mass is 341 g/mol. The summed E-state index contributed by atoms with van der Waals surface area (Å²) in [7, 11) is 0. The molecule has 0 N–H and O–H groups in total. The Morgan fingerprint density at radius 1 is 0.615 bits per heavy atom. The van der Waals surface area contributed by atoms with Gasteiger partial charge in [-0.25, -0.2) is 0 Å². The van der Waals surface area contributed by atoms with Crippen LogP contribution in [0, 0.1) is 12.1 Å². The van der Waals surface area contributed by atoms with Gasteiger partial charge in [0.1, 0.15) is 0 Å². The Labute approximate surface area is 158 Å². The summed E-state index contributed by atoms with van der Waals surface area (Å²) in [5.41, 5.74) is 6.75. The molecule has 0 saturated heterocycles. The van der Waals surface area contributed by atoms with Gasteiger partial charge in [-0.05, 0) is 22.2 Å². The Morgan fingerprint density at radius 3 is 1.35 bits per heavy atom. The molecule has 3 rings (SSSR count). The Morgan fingerprint density at radius 2 is 1.04 bits per heavy atom. The highest BCUT2D eigenvalue weighted by atomic mass is 14.7. The normalized spacial score (nSPS) is 12.2. The van der Waals surface area contributed by atoms with Crippen LogP contribution in [-0.4, -0.2) is 4.98 Å². The Balaban J connectivity index is 1.91. The van der Waals surface area contributed by atoms with E-state index in [1.54, 1.807) is 0 Å². The number of pyridine rings is 1. The average Bonchev–Trinajstić information content (AvgIpc) is 2.61. The lowest BCUT2D eigenvalue weighted by Crippen LogP contribution is -2.10. The fourth-order valence-corrected chi connectivity index (χ4v) is 2.84. The predicted molar refractivity (Wildman–Crippen MR) is 110 cm³/mol. The van der Waals surface area contributed by atoms with Crippen molar-refractivity contribution < 1.29 is 0 Å². The van der Waals surface area contributed by atoms with Crippen LogP contribution in [0.1, 0.15) is 52.7 Å². The van der Waals surface area contributed by atoms with E-state index >= 15 is 0 Å². The summed E-state index contributed by atoms with van der Waals surface area (Å²) in [5.74, 6) is 0. The van der Waals surface area contributed by atoms with E-state index < -0.39 is 0 Å². The van der Waals surface area contributed by atoms with Crippen molar-refractivity contribution in [3.05, 3.63) is 77.9 Å². The second-order valence-electron chi connectivity index (χ2n) is 8.89. The van der Waals surface area contributed by atoms with Crippen molar-refractivity contribution >= 4 is 0 Å². The molecule has 0 spiro atoms. The van der Waals surface area contributed by atoms with Gasteiger partial charge in [0.05, 0.1) is 0 Å². The molecule has 1 aromatic heterocycles. The van der Waals surface area contributed by atoms with E-state index in [9.17, 15) is 0 Å². The van der Waals surface area contributed by atoms with Crippen molar-refractivity contribution in [2.45, 2.75) is 52.4 Å². The van der Waals surface area contributed by atoms with Crippen LogP contribution in [0.2, 0.25) is 0 Å². The molecule has 0 amide bonds. The first kappa shape index (κ1) is 18.4. The molecule has 0 unspecified atom stereocenters. The molecule has 134 valence electrons. The highest BCUT2D eigenvalue weighted by Crippen LogP contribution is 2.28. The van der Waals surface area contributed by atoms with Crippen LogP contribution in [-0.2, 0) is 10.8 Å². The maximum atomic E-state index is 4.83. The summed E-state index contributed by atoms with van der Waals surface area (Å²) >= 11 is 0. The fourth-order valence-electron chi connectivity index (χ4n) is 2.84. The molecule has 0 atom stereocenters. The van der Waals surface area contributed by atoms with Gasteiger partial charge in [0.15, 0.2) is 0 Å². The highest BCUT2D eigenvalue weighted by Gasteiger charge is 2.09. The maximum Gasteiger partial charge on any atom is -0.0227 e. The van der Waals surface area contributed by atoms with Gasteiger partial charge >= 0.3 is 0 Å². The minimum absolute atomic E-state index is 0.133. The van der Waals surface area contributed by atoms with Crippen molar-refractivity contribution in [1.29, 1.82) is 0 Å². The molecule has 1 heteroatoms. The van der Waals surface area contributed by atoms with Crippen LogP contribution in [0.25, 0.3) is 22.5 Å². The van der Waals surface area contributed by atoms with E-state index in [0.29, 0.717) is 0 Å². The summed E-state index contributed by atoms with van der Waals surface area (Å²) in [5, 5.41) is 0. The van der Waals surface area contributed by atoms with Crippen molar-refractivity contribution in [2.24, 2.45) is 0 Å². The summed E-state index contributed by atoms with van der Waals surface area (Å²) < 4.78 is 0. The minimum atomic E-state index is 0.133. The smallest absolute Gasteiger partial charge is 0.0227 e. The fraction of sp³-hybridized carbons (Fsp3) is 0.320. The number of aromatic nitrogens is 1. The third kappa shape index (κ3) is 4.04. The summed E-state index contributed by atoms with van der Waals surface area (Å²) in [4.78, 5) is 4.83. The van der Waals surface area contributed by atoms with Crippen LogP contribution in [0.3, 0.4) is 0 Å². The van der Waals surface area contributed by atoms with Crippen molar-refractivity contribution in [3.63, 3.8) is 0 Å². The maximum absolute atomic E-state index is 4.83. The number of benzene rings is 2. The van der Waals surface area contributed by atoms with Gasteiger partial charge in [-0.2, -0.15) is 0 Å². The number of rotatable bonds is 2. The molecular weight excluding hydrogens is 314 g/mol. The average molecular weight is 341 g/mol. The molecule has 0 aliphatic rings. The van der Waals surface area contributed by atoms with Crippen molar-refractivity contribution in [2.75, 3.05) is 0 Å². The topological polar surface area (TPSA) is 12.9 Å². The molecule has 1 heterocycles. The zero-order chi connectivity index (χ0) is 18.9. The van der Waals surface area contributed by atoms with E-state index in [1.165, 1.54) is 11.1 Å². The Bertz CT molecular complexity index is 800. The molecule has 2 aromatic carbocycles. The van der Waals surface area contributed by atoms with Crippen LogP contribution in [0.15, 0.2) is 54.6 Å². The standard InChI is InChI=1S/C25H27N/c1-24(2,3)20-14-10-18(11-15-20)22-8-7-9-23(26-22)19-12-16-21(17-13-19)25(4,5)6/h7-10,12,14-17H,1-6H3/q-2. The van der Waals surface area contributed by atoms with E-state index in [4.69, 9.17) is 4.98 Å². The lowest BCUT2D eigenvalue weighted by Gasteiger charge is -2.25. The van der Waals surface area contributed by atoms with Gasteiger partial charge in [0.25, 0.3) is 0 Å². The van der Waals surface area contributed by atoms with Crippen LogP contribution < -0.4 is 0 Å². The molecule has 1 nitrogen and oxygen atoms in total. The SMILES string of the molecule is CC(C)(C)c1c[c-]c(-c2cccc(-c3[c-]cc(C(C)(C)C)cc3)n2)cc1. The zero-order valence-corrected chi connectivity index (χ0v) is 16.6. The summed E-state index contributed by atoms with van der Waals surface area (Å²) in [6.45, 7) is 13.3. The van der Waals surface area contributed by atoms with E-state index in [0.717, 1.165) is 22.5 Å². The molecule has 0 saturated carbocycles. The Hall–Kier alpha value is -2.41. The van der Waals surface area contributed by atoms with Gasteiger partial charge < -0.3 is 4.98 Å². The molecule has 0 radical (unpaired) electrons. The van der Waals surface area contributed by atoms with Crippen LogP contribution >= 0.6 is 0 Å². The zero-order valence-electron chi connectivity index (χ0n) is 16.6. The van der Waals surface area contributed by atoms with Crippen molar-refractivity contribution in [1.82, 2.24) is 4.98 Å². The molecule has 0 bridgehead atoms. The summed E-state index contributed by atoms with van der Waals surface area (Å²) in [6.07, 6.45) is 0. The third-order valence-corrected chi connectivity index (χ3v) is 4.66. The summed E-state index contributed by atoms with van der Waals surface area (Å²) in [6, 6.07) is 25.6. The highest BCUT2D eigenvalue weighted by molar-refractivity contribution is 5.66.